The van der Waals surface area contributed by atoms with E-state index in [0.29, 0.717) is 5.04 Å². The van der Waals surface area contributed by atoms with E-state index in [1.807, 2.05) is 0 Å². The first-order chi connectivity index (χ1) is 4.67. The van der Waals surface area contributed by atoms with Crippen molar-refractivity contribution in [2.75, 3.05) is 0 Å². The van der Waals surface area contributed by atoms with Crippen molar-refractivity contribution in [1.29, 1.82) is 0 Å². The Hall–Kier alpha value is 0.217. The highest BCUT2D eigenvalue weighted by Gasteiger charge is 2.29. The second-order valence-corrected chi connectivity index (χ2v) is 6.25. The van der Waals surface area contributed by atoms with Crippen LogP contribution in [-0.2, 0) is 0 Å². The summed E-state index contributed by atoms with van der Waals surface area (Å²) in [6.45, 7) is 4.65. The van der Waals surface area contributed by atoms with E-state index in [1.165, 1.54) is 35.9 Å². The molecule has 0 amide bonds. The normalized spacial score (nSPS) is 27.0. The van der Waals surface area contributed by atoms with Gasteiger partial charge in [0.1, 0.15) is 0 Å². The Morgan fingerprint density at radius 3 is 2.30 bits per heavy atom. The first-order valence-corrected chi connectivity index (χ1v) is 5.47. The fourth-order valence-corrected chi connectivity index (χ4v) is 2.48. The van der Waals surface area contributed by atoms with Gasteiger partial charge in [-0.25, -0.2) is 0 Å². The van der Waals surface area contributed by atoms with Crippen molar-refractivity contribution in [2.24, 2.45) is 5.92 Å². The molecule has 1 saturated carbocycles. The molecule has 1 atom stereocenters. The first-order valence-electron chi connectivity index (χ1n) is 4.47. The molecular weight excluding hydrogens is 136 g/mol. The van der Waals surface area contributed by atoms with E-state index >= 15 is 0 Å². The van der Waals surface area contributed by atoms with E-state index in [2.05, 4.69) is 20.3 Å². The molecule has 0 aromatic carbocycles. The van der Waals surface area contributed by atoms with Gasteiger partial charge in [0, 0.05) is 10.2 Å². The molecule has 1 heteroatoms. The summed E-state index contributed by atoms with van der Waals surface area (Å²) in [6, 6.07) is 0. The van der Waals surface area contributed by atoms with Crippen molar-refractivity contribution in [3.63, 3.8) is 0 Å². The molecular formula is C9H19Si. The Morgan fingerprint density at radius 2 is 1.90 bits per heavy atom. The van der Waals surface area contributed by atoms with E-state index in [4.69, 9.17) is 0 Å². The van der Waals surface area contributed by atoms with Crippen molar-refractivity contribution in [2.45, 2.75) is 44.6 Å². The van der Waals surface area contributed by atoms with Crippen LogP contribution in [-0.4, -0.2) is 10.2 Å². The number of hydrogen-bond acceptors (Lipinski definition) is 0. The zero-order valence-corrected chi connectivity index (χ0v) is 9.48. The molecule has 0 aromatic heterocycles. The maximum atomic E-state index is 2.43. The highest BCUT2D eigenvalue weighted by molar-refractivity contribution is 6.16. The number of hydrogen-bond donors (Lipinski definition) is 0. The summed E-state index contributed by atoms with van der Waals surface area (Å²) in [6.07, 6.45) is 8.37. The Labute approximate surface area is 67.8 Å². The summed E-state index contributed by atoms with van der Waals surface area (Å²) in [5, 5.41) is 0.635. The average molecular weight is 155 g/mol. The zero-order chi connectivity index (χ0) is 7.61. The van der Waals surface area contributed by atoms with E-state index in [1.54, 1.807) is 0 Å². The molecule has 0 aliphatic heterocycles. The van der Waals surface area contributed by atoms with Crippen molar-refractivity contribution in [3.05, 3.63) is 6.42 Å². The van der Waals surface area contributed by atoms with E-state index in [0.717, 1.165) is 5.92 Å². The quantitative estimate of drug-likeness (QED) is 0.535. The molecule has 1 unspecified atom stereocenters. The molecule has 0 N–H and O–H groups in total. The maximum absolute atomic E-state index is 2.43. The lowest BCUT2D eigenvalue weighted by Crippen LogP contribution is -2.17. The smallest absolute Gasteiger partial charge is 0.0110 e. The van der Waals surface area contributed by atoms with Crippen LogP contribution in [0.15, 0.2) is 0 Å². The average Bonchev–Trinajstić information content (AvgIpc) is 2.38. The van der Waals surface area contributed by atoms with E-state index in [9.17, 15) is 0 Å². The molecule has 1 radical (unpaired) electrons. The topological polar surface area (TPSA) is 0 Å². The van der Waals surface area contributed by atoms with Gasteiger partial charge in [0.05, 0.1) is 0 Å². The van der Waals surface area contributed by atoms with Crippen LogP contribution in [0.5, 0.6) is 0 Å². The lowest BCUT2D eigenvalue weighted by atomic mass is 9.89. The Morgan fingerprint density at radius 1 is 1.40 bits per heavy atom. The minimum atomic E-state index is 0.635. The summed E-state index contributed by atoms with van der Waals surface area (Å²) in [7, 11) is 1.34. The van der Waals surface area contributed by atoms with Crippen molar-refractivity contribution in [1.82, 2.24) is 0 Å². The van der Waals surface area contributed by atoms with Gasteiger partial charge in [-0.15, -0.1) is 0 Å². The molecule has 0 heterocycles. The molecule has 10 heavy (non-hydrogen) atoms. The lowest BCUT2D eigenvalue weighted by Gasteiger charge is -2.29. The third-order valence-corrected chi connectivity index (χ3v) is 4.55. The van der Waals surface area contributed by atoms with Gasteiger partial charge in [0.25, 0.3) is 0 Å². The standard InChI is InChI=1S/C9H19Si/c1-3-9(2,10)8-6-4-5-7-8/h3,8H,4-7H2,1-2,10H3. The fraction of sp³-hybridized carbons (Fsp3) is 0.889. The second-order valence-electron chi connectivity index (χ2n) is 4.09. The summed E-state index contributed by atoms with van der Waals surface area (Å²) in [5.41, 5.74) is 0. The summed E-state index contributed by atoms with van der Waals surface area (Å²) in [4.78, 5) is 0. The van der Waals surface area contributed by atoms with Crippen LogP contribution in [0.4, 0.5) is 0 Å². The molecule has 59 valence electrons. The van der Waals surface area contributed by atoms with Crippen molar-refractivity contribution in [3.8, 4) is 0 Å². The third kappa shape index (κ3) is 1.63. The van der Waals surface area contributed by atoms with Crippen LogP contribution in [0.25, 0.3) is 0 Å². The van der Waals surface area contributed by atoms with Crippen LogP contribution in [0.2, 0.25) is 5.04 Å². The van der Waals surface area contributed by atoms with Gasteiger partial charge in [-0.05, 0) is 17.4 Å². The van der Waals surface area contributed by atoms with Crippen LogP contribution in [0.1, 0.15) is 39.5 Å². The predicted octanol–water partition coefficient (Wildman–Crippen LogP) is 1.94. The Kier molecular flexibility index (Phi) is 2.56. The summed E-state index contributed by atoms with van der Waals surface area (Å²) >= 11 is 0. The largest absolute Gasteiger partial charge is 0.0624 e. The molecule has 1 aliphatic rings. The molecule has 1 aliphatic carbocycles. The molecule has 0 spiro atoms. The van der Waals surface area contributed by atoms with Crippen LogP contribution in [0.3, 0.4) is 0 Å². The highest BCUT2D eigenvalue weighted by Crippen LogP contribution is 2.44. The predicted molar refractivity (Wildman–Crippen MR) is 50.2 cm³/mol. The molecule has 0 nitrogen and oxygen atoms in total. The number of rotatable bonds is 2. The molecule has 0 aromatic rings. The molecule has 0 saturated heterocycles. The van der Waals surface area contributed by atoms with Gasteiger partial charge < -0.3 is 0 Å². The van der Waals surface area contributed by atoms with Gasteiger partial charge in [0.15, 0.2) is 0 Å². The highest BCUT2D eigenvalue weighted by atomic mass is 28.1. The molecule has 1 rings (SSSR count). The minimum Gasteiger partial charge on any atom is -0.0624 e. The monoisotopic (exact) mass is 155 g/mol. The molecule has 1 fully saturated rings. The third-order valence-electron chi connectivity index (χ3n) is 3.15. The van der Waals surface area contributed by atoms with Crippen LogP contribution >= 0.6 is 0 Å². The zero-order valence-electron chi connectivity index (χ0n) is 7.48. The lowest BCUT2D eigenvalue weighted by molar-refractivity contribution is 0.431. The van der Waals surface area contributed by atoms with Crippen molar-refractivity contribution >= 4 is 10.2 Å². The maximum Gasteiger partial charge on any atom is 0.0110 e. The van der Waals surface area contributed by atoms with Gasteiger partial charge in [0.2, 0.25) is 0 Å². The second kappa shape index (κ2) is 3.08. The van der Waals surface area contributed by atoms with E-state index in [-0.39, 0.29) is 0 Å². The van der Waals surface area contributed by atoms with Crippen molar-refractivity contribution < 1.29 is 0 Å². The Bertz CT molecular complexity index is 101. The minimum absolute atomic E-state index is 0.635. The van der Waals surface area contributed by atoms with Gasteiger partial charge in [-0.1, -0.05) is 39.5 Å². The Balaban J connectivity index is 2.45. The van der Waals surface area contributed by atoms with Gasteiger partial charge in [-0.3, -0.25) is 0 Å². The molecule has 0 bridgehead atoms. The SMILES string of the molecule is C[CH]C(C)([SiH3])C1CCCC1. The summed E-state index contributed by atoms with van der Waals surface area (Å²) < 4.78 is 0. The fourth-order valence-electron chi connectivity index (χ4n) is 1.91. The first kappa shape index (κ1) is 8.31. The van der Waals surface area contributed by atoms with Crippen LogP contribution < -0.4 is 0 Å². The van der Waals surface area contributed by atoms with Gasteiger partial charge in [-0.2, -0.15) is 0 Å². The van der Waals surface area contributed by atoms with Gasteiger partial charge >= 0.3 is 0 Å². The van der Waals surface area contributed by atoms with Crippen LogP contribution in [0, 0.1) is 12.3 Å². The summed E-state index contributed by atoms with van der Waals surface area (Å²) in [5.74, 6) is 1.03. The van der Waals surface area contributed by atoms with E-state index < -0.39 is 0 Å².